The highest BCUT2D eigenvalue weighted by Gasteiger charge is 2.27. The average Bonchev–Trinajstić information content (AvgIpc) is 2.99. The fourth-order valence-electron chi connectivity index (χ4n) is 3.02. The molecule has 2 rings (SSSR count). The van der Waals surface area contributed by atoms with E-state index < -0.39 is 0 Å². The number of nitrogens with zero attached hydrogens (tertiary/aromatic N) is 2. The molecule has 1 aromatic rings. The smallest absolute Gasteiger partial charge is 0.173 e. The molecule has 1 atom stereocenters. The number of aliphatic hydroxyl groups excluding tert-OH is 1. The predicted octanol–water partition coefficient (Wildman–Crippen LogP) is 2.24. The summed E-state index contributed by atoms with van der Waals surface area (Å²) in [5.74, 6) is 0.155. The first kappa shape index (κ1) is 16.0. The minimum absolute atomic E-state index is 0.155. The van der Waals surface area contributed by atoms with Gasteiger partial charge in [-0.3, -0.25) is 0 Å². The number of anilines is 1. The van der Waals surface area contributed by atoms with Gasteiger partial charge in [0.15, 0.2) is 5.84 Å². The fraction of sp³-hybridized carbons (Fsp3) is 0.533. The maximum atomic E-state index is 9.08. The minimum Gasteiger partial charge on any atom is -0.409 e. The molecule has 1 fully saturated rings. The van der Waals surface area contributed by atoms with Crippen LogP contribution in [0.4, 0.5) is 5.69 Å². The number of aliphatic hydroxyl groups is 1. The molecular weight excluding hydrogens is 286 g/mol. The van der Waals surface area contributed by atoms with Gasteiger partial charge in [-0.15, -0.1) is 11.8 Å². The molecule has 4 N–H and O–H groups in total. The number of benzene rings is 1. The van der Waals surface area contributed by atoms with E-state index in [2.05, 4.69) is 10.1 Å². The zero-order chi connectivity index (χ0) is 15.2. The Morgan fingerprint density at radius 1 is 1.52 bits per heavy atom. The van der Waals surface area contributed by atoms with Crippen LogP contribution in [-0.2, 0) is 0 Å². The third-order valence-electron chi connectivity index (χ3n) is 3.97. The molecule has 0 saturated carbocycles. The van der Waals surface area contributed by atoms with Gasteiger partial charge in [-0.05, 0) is 44.1 Å². The van der Waals surface area contributed by atoms with Crippen LogP contribution in [-0.4, -0.2) is 41.6 Å². The Morgan fingerprint density at radius 2 is 2.33 bits per heavy atom. The lowest BCUT2D eigenvalue weighted by molar-refractivity contribution is 0.279. The summed E-state index contributed by atoms with van der Waals surface area (Å²) in [6.07, 6.45) is 6.02. The van der Waals surface area contributed by atoms with E-state index in [0.717, 1.165) is 48.4 Å². The molecule has 6 heteroatoms. The molecule has 0 radical (unpaired) electrons. The van der Waals surface area contributed by atoms with E-state index in [1.165, 1.54) is 0 Å². The highest BCUT2D eigenvalue weighted by atomic mass is 32.2. The highest BCUT2D eigenvalue weighted by Crippen LogP contribution is 2.35. The monoisotopic (exact) mass is 309 g/mol. The van der Waals surface area contributed by atoms with Crippen LogP contribution in [0.5, 0.6) is 0 Å². The van der Waals surface area contributed by atoms with Crippen molar-refractivity contribution in [3.8, 4) is 0 Å². The van der Waals surface area contributed by atoms with Crippen molar-refractivity contribution in [3.63, 3.8) is 0 Å². The molecule has 0 aliphatic carbocycles. The molecule has 0 aromatic heterocycles. The molecule has 116 valence electrons. The number of nitrogens with two attached hydrogens (primary N) is 1. The van der Waals surface area contributed by atoms with Crippen molar-refractivity contribution in [3.05, 3.63) is 23.8 Å². The summed E-state index contributed by atoms with van der Waals surface area (Å²) >= 11 is 1.59. The summed E-state index contributed by atoms with van der Waals surface area (Å²) in [7, 11) is 0. The molecule has 1 aromatic carbocycles. The van der Waals surface area contributed by atoms with Crippen LogP contribution in [0.25, 0.3) is 0 Å². The predicted molar refractivity (Wildman–Crippen MR) is 87.4 cm³/mol. The quantitative estimate of drug-likeness (QED) is 0.247. The van der Waals surface area contributed by atoms with Gasteiger partial charge >= 0.3 is 0 Å². The standard InChI is InChI=1S/C15H23N3O2S/c1-21-13-8-2-7-12(14(13)15(16)17-20)18-9-3-5-11(18)6-4-10-19/h2,7-8,11,19-20H,3-6,9-10H2,1H3,(H2,16,17). The van der Waals surface area contributed by atoms with Crippen LogP contribution in [0.2, 0.25) is 0 Å². The zero-order valence-electron chi connectivity index (χ0n) is 12.3. The van der Waals surface area contributed by atoms with Crippen LogP contribution >= 0.6 is 11.8 Å². The van der Waals surface area contributed by atoms with E-state index in [0.29, 0.717) is 6.04 Å². The van der Waals surface area contributed by atoms with E-state index in [-0.39, 0.29) is 12.4 Å². The van der Waals surface area contributed by atoms with Gasteiger partial charge in [0.1, 0.15) is 0 Å². The van der Waals surface area contributed by atoms with Gasteiger partial charge in [0.05, 0.1) is 5.56 Å². The Labute approximate surface area is 129 Å². The fourth-order valence-corrected chi connectivity index (χ4v) is 3.64. The minimum atomic E-state index is 0.155. The van der Waals surface area contributed by atoms with Crippen LogP contribution in [0.15, 0.2) is 28.3 Å². The second-order valence-corrected chi connectivity index (χ2v) is 6.04. The largest absolute Gasteiger partial charge is 0.409 e. The third kappa shape index (κ3) is 3.44. The van der Waals surface area contributed by atoms with Crippen molar-refractivity contribution in [2.45, 2.75) is 36.6 Å². The van der Waals surface area contributed by atoms with E-state index in [1.807, 2.05) is 24.5 Å². The molecule has 0 bridgehead atoms. The maximum absolute atomic E-state index is 9.08. The Hall–Kier alpha value is -1.40. The summed E-state index contributed by atoms with van der Waals surface area (Å²) in [6, 6.07) is 6.45. The van der Waals surface area contributed by atoms with Crippen molar-refractivity contribution < 1.29 is 10.3 Å². The first-order valence-corrected chi connectivity index (χ1v) is 8.47. The molecule has 21 heavy (non-hydrogen) atoms. The Balaban J connectivity index is 2.38. The number of oxime groups is 1. The van der Waals surface area contributed by atoms with Crippen molar-refractivity contribution in [2.24, 2.45) is 10.9 Å². The van der Waals surface area contributed by atoms with Crippen molar-refractivity contribution in [1.82, 2.24) is 0 Å². The molecular formula is C15H23N3O2S. The summed E-state index contributed by atoms with van der Waals surface area (Å²) in [6.45, 7) is 1.20. The lowest BCUT2D eigenvalue weighted by atomic mass is 10.1. The van der Waals surface area contributed by atoms with Crippen molar-refractivity contribution >= 4 is 23.3 Å². The summed E-state index contributed by atoms with van der Waals surface area (Å²) in [4.78, 5) is 3.35. The molecule has 1 saturated heterocycles. The van der Waals surface area contributed by atoms with E-state index in [9.17, 15) is 0 Å². The van der Waals surface area contributed by atoms with Gasteiger partial charge in [0.25, 0.3) is 0 Å². The lowest BCUT2D eigenvalue weighted by Gasteiger charge is -2.29. The highest BCUT2D eigenvalue weighted by molar-refractivity contribution is 7.98. The van der Waals surface area contributed by atoms with Crippen LogP contribution in [0, 0.1) is 0 Å². The molecule has 1 unspecified atom stereocenters. The average molecular weight is 309 g/mol. The molecule has 0 spiro atoms. The Morgan fingerprint density at radius 3 is 3.00 bits per heavy atom. The second-order valence-electron chi connectivity index (χ2n) is 5.19. The second kappa shape index (κ2) is 7.56. The van der Waals surface area contributed by atoms with Gasteiger partial charge in [-0.1, -0.05) is 11.2 Å². The Bertz CT molecular complexity index is 508. The number of amidine groups is 1. The van der Waals surface area contributed by atoms with Crippen molar-refractivity contribution in [2.75, 3.05) is 24.3 Å². The van der Waals surface area contributed by atoms with Crippen LogP contribution < -0.4 is 10.6 Å². The summed E-state index contributed by atoms with van der Waals surface area (Å²) in [5.41, 5.74) is 7.74. The zero-order valence-corrected chi connectivity index (χ0v) is 13.1. The topological polar surface area (TPSA) is 82.1 Å². The summed E-state index contributed by atoms with van der Waals surface area (Å²) < 4.78 is 0. The first-order valence-electron chi connectivity index (χ1n) is 7.25. The molecule has 1 heterocycles. The third-order valence-corrected chi connectivity index (χ3v) is 4.75. The SMILES string of the molecule is CSc1cccc(N2CCCC2CCCO)c1/C(N)=N/O. The maximum Gasteiger partial charge on any atom is 0.173 e. The van der Waals surface area contributed by atoms with Gasteiger partial charge in [0, 0.05) is 29.8 Å². The molecule has 5 nitrogen and oxygen atoms in total. The van der Waals surface area contributed by atoms with Gasteiger partial charge < -0.3 is 20.9 Å². The lowest BCUT2D eigenvalue weighted by Crippen LogP contribution is -2.32. The van der Waals surface area contributed by atoms with E-state index in [4.69, 9.17) is 16.0 Å². The number of rotatable bonds is 6. The molecule has 1 aliphatic heterocycles. The van der Waals surface area contributed by atoms with E-state index >= 15 is 0 Å². The van der Waals surface area contributed by atoms with Gasteiger partial charge in [-0.25, -0.2) is 0 Å². The molecule has 0 amide bonds. The van der Waals surface area contributed by atoms with Crippen LogP contribution in [0.3, 0.4) is 0 Å². The molecule has 1 aliphatic rings. The van der Waals surface area contributed by atoms with E-state index in [1.54, 1.807) is 11.8 Å². The number of hydrogen-bond acceptors (Lipinski definition) is 5. The van der Waals surface area contributed by atoms with Gasteiger partial charge in [-0.2, -0.15) is 0 Å². The van der Waals surface area contributed by atoms with Crippen LogP contribution in [0.1, 0.15) is 31.2 Å². The first-order chi connectivity index (χ1) is 10.2. The Kier molecular flexibility index (Phi) is 5.76. The van der Waals surface area contributed by atoms with Gasteiger partial charge in [0.2, 0.25) is 0 Å². The number of thioether (sulfide) groups is 1. The normalized spacial score (nSPS) is 19.2. The summed E-state index contributed by atoms with van der Waals surface area (Å²) in [5, 5.41) is 21.3. The van der Waals surface area contributed by atoms with Crippen molar-refractivity contribution in [1.29, 1.82) is 0 Å². The number of hydrogen-bond donors (Lipinski definition) is 3.